The van der Waals surface area contributed by atoms with Gasteiger partial charge in [-0.2, -0.15) is 0 Å². The highest BCUT2D eigenvalue weighted by Crippen LogP contribution is 2.19. The van der Waals surface area contributed by atoms with E-state index in [0.29, 0.717) is 10.0 Å². The quantitative estimate of drug-likeness (QED) is 0.583. The van der Waals surface area contributed by atoms with E-state index in [-0.39, 0.29) is 5.56 Å². The van der Waals surface area contributed by atoms with Gasteiger partial charge in [0.2, 0.25) is 0 Å². The number of Topliss-reactive ketones (excluding diaryl/α,β-unsaturated/α-hetero) is 1. The van der Waals surface area contributed by atoms with E-state index in [1.165, 1.54) is 18.2 Å². The summed E-state index contributed by atoms with van der Waals surface area (Å²) in [5, 5.41) is 10.7. The first kappa shape index (κ1) is 11.0. The topological polar surface area (TPSA) is 57.2 Å². The van der Waals surface area contributed by atoms with Gasteiger partial charge in [-0.1, -0.05) is 23.2 Å². The van der Waals surface area contributed by atoms with Gasteiger partial charge >= 0.3 is 0 Å². The number of carbonyl (C=O) groups is 2. The molecule has 0 saturated carbocycles. The van der Waals surface area contributed by atoms with Crippen LogP contribution in [0.3, 0.4) is 0 Å². The molecule has 0 amide bonds. The third-order valence-corrected chi connectivity index (χ3v) is 1.93. The van der Waals surface area contributed by atoms with E-state index in [2.05, 4.69) is 0 Å². The van der Waals surface area contributed by atoms with Crippen LogP contribution in [0.15, 0.2) is 18.2 Å². The zero-order valence-corrected chi connectivity index (χ0v) is 8.43. The molecule has 0 bridgehead atoms. The molecule has 0 radical (unpaired) electrons. The third kappa shape index (κ3) is 3.01. The number of hydrogen-bond donors (Lipinski definition) is 0. The van der Waals surface area contributed by atoms with E-state index >= 15 is 0 Å². The summed E-state index contributed by atoms with van der Waals surface area (Å²) in [5.74, 6) is -2.00. The summed E-state index contributed by atoms with van der Waals surface area (Å²) in [4.78, 5) is 21.4. The molecule has 0 N–H and O–H groups in total. The molecule has 0 aliphatic rings. The van der Waals surface area contributed by atoms with Gasteiger partial charge in [0.15, 0.2) is 5.78 Å². The van der Waals surface area contributed by atoms with Crippen LogP contribution in [0.25, 0.3) is 0 Å². The van der Waals surface area contributed by atoms with Crippen LogP contribution in [0.2, 0.25) is 10.0 Å². The van der Waals surface area contributed by atoms with E-state index in [1.807, 2.05) is 0 Å². The average molecular weight is 232 g/mol. The van der Waals surface area contributed by atoms with Crippen molar-refractivity contribution < 1.29 is 14.7 Å². The van der Waals surface area contributed by atoms with Crippen molar-refractivity contribution in [2.24, 2.45) is 0 Å². The van der Waals surface area contributed by atoms with Crippen LogP contribution in [-0.2, 0) is 4.79 Å². The fourth-order valence-electron chi connectivity index (χ4n) is 0.948. The Bertz CT molecular complexity index is 367. The number of ketones is 1. The van der Waals surface area contributed by atoms with Crippen LogP contribution in [0.5, 0.6) is 0 Å². The highest BCUT2D eigenvalue weighted by molar-refractivity contribution is 6.35. The Morgan fingerprint density at radius 1 is 1.14 bits per heavy atom. The molecule has 0 saturated heterocycles. The van der Waals surface area contributed by atoms with Crippen LogP contribution in [-0.4, -0.2) is 11.8 Å². The van der Waals surface area contributed by atoms with E-state index in [1.54, 1.807) is 0 Å². The predicted molar refractivity (Wildman–Crippen MR) is 50.4 cm³/mol. The van der Waals surface area contributed by atoms with Crippen molar-refractivity contribution in [2.75, 3.05) is 0 Å². The largest absolute Gasteiger partial charge is 0.550 e. The van der Waals surface area contributed by atoms with Gasteiger partial charge in [0.05, 0.1) is 6.42 Å². The molecule has 1 aromatic rings. The molecule has 0 unspecified atom stereocenters. The minimum atomic E-state index is -1.42. The number of halogens is 2. The van der Waals surface area contributed by atoms with E-state index in [0.717, 1.165) is 0 Å². The van der Waals surface area contributed by atoms with Gasteiger partial charge in [0.1, 0.15) is 0 Å². The molecule has 14 heavy (non-hydrogen) atoms. The maximum absolute atomic E-state index is 11.2. The van der Waals surface area contributed by atoms with Crippen LogP contribution < -0.4 is 5.11 Å². The maximum atomic E-state index is 11.2. The lowest BCUT2D eigenvalue weighted by Gasteiger charge is -2.03. The van der Waals surface area contributed by atoms with Crippen LogP contribution in [0.4, 0.5) is 0 Å². The fourth-order valence-corrected chi connectivity index (χ4v) is 1.47. The molecule has 0 aliphatic carbocycles. The predicted octanol–water partition coefficient (Wildman–Crippen LogP) is 1.32. The molecule has 1 aromatic carbocycles. The van der Waals surface area contributed by atoms with Crippen molar-refractivity contribution >= 4 is 35.0 Å². The molecule has 0 aliphatic heterocycles. The van der Waals surface area contributed by atoms with Crippen molar-refractivity contribution in [3.63, 3.8) is 0 Å². The lowest BCUT2D eigenvalue weighted by atomic mass is 10.1. The van der Waals surface area contributed by atoms with Gasteiger partial charge in [0.25, 0.3) is 0 Å². The SMILES string of the molecule is O=C([O-])CC(=O)c1cc(Cl)cc(Cl)c1. The smallest absolute Gasteiger partial charge is 0.168 e. The Kier molecular flexibility index (Phi) is 3.49. The summed E-state index contributed by atoms with van der Waals surface area (Å²) in [5.41, 5.74) is 0.173. The summed E-state index contributed by atoms with van der Waals surface area (Å²) in [6.07, 6.45) is -0.670. The van der Waals surface area contributed by atoms with E-state index in [4.69, 9.17) is 23.2 Å². The Morgan fingerprint density at radius 2 is 1.64 bits per heavy atom. The first-order valence-corrected chi connectivity index (χ1v) is 4.44. The zero-order chi connectivity index (χ0) is 10.7. The van der Waals surface area contributed by atoms with Gasteiger partial charge in [-0.15, -0.1) is 0 Å². The third-order valence-electron chi connectivity index (χ3n) is 1.49. The Morgan fingerprint density at radius 3 is 2.07 bits per heavy atom. The molecule has 0 fully saturated rings. The number of carbonyl (C=O) groups excluding carboxylic acids is 2. The average Bonchev–Trinajstić information content (AvgIpc) is 2.00. The monoisotopic (exact) mass is 231 g/mol. The minimum Gasteiger partial charge on any atom is -0.550 e. The van der Waals surface area contributed by atoms with Crippen LogP contribution in [0, 0.1) is 0 Å². The zero-order valence-electron chi connectivity index (χ0n) is 6.92. The molecule has 0 heterocycles. The van der Waals surface area contributed by atoms with Gasteiger partial charge in [-0.05, 0) is 18.2 Å². The Balaban J connectivity index is 2.95. The second kappa shape index (κ2) is 4.44. The molecule has 3 nitrogen and oxygen atoms in total. The number of carboxylic acids is 1. The Hall–Kier alpha value is -1.06. The van der Waals surface area contributed by atoms with Crippen LogP contribution in [0.1, 0.15) is 16.8 Å². The molecule has 0 atom stereocenters. The van der Waals surface area contributed by atoms with Crippen molar-refractivity contribution in [3.8, 4) is 0 Å². The van der Waals surface area contributed by atoms with Crippen molar-refractivity contribution in [1.82, 2.24) is 0 Å². The first-order chi connectivity index (χ1) is 6.49. The molecule has 5 heteroatoms. The number of carboxylic acid groups (broad SMARTS) is 1. The fraction of sp³-hybridized carbons (Fsp3) is 0.111. The molecular formula is C9H5Cl2O3-. The first-order valence-electron chi connectivity index (χ1n) is 3.68. The molecule has 0 spiro atoms. The number of benzene rings is 1. The van der Waals surface area contributed by atoms with E-state index < -0.39 is 18.2 Å². The second-order valence-corrected chi connectivity index (χ2v) is 3.50. The Labute approximate surface area is 90.3 Å². The summed E-state index contributed by atoms with van der Waals surface area (Å²) in [7, 11) is 0. The second-order valence-electron chi connectivity index (χ2n) is 2.63. The number of rotatable bonds is 3. The highest BCUT2D eigenvalue weighted by atomic mass is 35.5. The summed E-state index contributed by atoms with van der Waals surface area (Å²) in [6.45, 7) is 0. The van der Waals surface area contributed by atoms with Gasteiger partial charge in [-0.3, -0.25) is 4.79 Å². The summed E-state index contributed by atoms with van der Waals surface area (Å²) < 4.78 is 0. The van der Waals surface area contributed by atoms with Crippen LogP contribution >= 0.6 is 23.2 Å². The summed E-state index contributed by atoms with van der Waals surface area (Å²) in [6, 6.07) is 4.18. The van der Waals surface area contributed by atoms with Crippen molar-refractivity contribution in [3.05, 3.63) is 33.8 Å². The van der Waals surface area contributed by atoms with Crippen molar-refractivity contribution in [1.29, 1.82) is 0 Å². The van der Waals surface area contributed by atoms with Gasteiger partial charge in [-0.25, -0.2) is 0 Å². The van der Waals surface area contributed by atoms with E-state index in [9.17, 15) is 14.7 Å². The number of hydrogen-bond acceptors (Lipinski definition) is 3. The van der Waals surface area contributed by atoms with Gasteiger partial charge in [0, 0.05) is 21.6 Å². The molecule has 1 rings (SSSR count). The number of aliphatic carboxylic acids is 1. The molecular weight excluding hydrogens is 227 g/mol. The van der Waals surface area contributed by atoms with Crippen molar-refractivity contribution in [2.45, 2.75) is 6.42 Å². The highest BCUT2D eigenvalue weighted by Gasteiger charge is 2.07. The standard InChI is InChI=1S/C9H6Cl2O3/c10-6-1-5(2-7(11)3-6)8(12)4-9(13)14/h1-3H,4H2,(H,13,14)/p-1. The molecule has 0 aromatic heterocycles. The normalized spacial score (nSPS) is 9.86. The molecule has 74 valence electrons. The van der Waals surface area contributed by atoms with Gasteiger partial charge < -0.3 is 9.90 Å². The lowest BCUT2D eigenvalue weighted by molar-refractivity contribution is -0.304. The maximum Gasteiger partial charge on any atom is 0.168 e. The lowest BCUT2D eigenvalue weighted by Crippen LogP contribution is -2.25. The minimum absolute atomic E-state index is 0.173. The summed E-state index contributed by atoms with van der Waals surface area (Å²) >= 11 is 11.3.